The van der Waals surface area contributed by atoms with Crippen molar-refractivity contribution in [2.45, 2.75) is 13.8 Å². The molecule has 0 amide bonds. The molecule has 1 N–H and O–H groups in total. The van der Waals surface area contributed by atoms with Gasteiger partial charge in [-0.15, -0.1) is 5.10 Å². The number of ether oxygens (including phenoxy) is 1. The molecule has 2 aromatic heterocycles. The van der Waals surface area contributed by atoms with Crippen LogP contribution in [0.25, 0.3) is 5.78 Å². The average molecular weight is 304 g/mol. The summed E-state index contributed by atoms with van der Waals surface area (Å²) in [6.07, 6.45) is 0. The number of benzene rings is 1. The van der Waals surface area contributed by atoms with E-state index in [0.29, 0.717) is 23.4 Å². The topological polar surface area (TPSA) is 64.3 Å². The van der Waals surface area contributed by atoms with Gasteiger partial charge in [0.1, 0.15) is 5.82 Å². The van der Waals surface area contributed by atoms with Crippen LogP contribution < -0.4 is 10.1 Å². The first kappa shape index (κ1) is 13.6. The maximum absolute atomic E-state index is 6.00. The van der Waals surface area contributed by atoms with Crippen LogP contribution in [0.5, 0.6) is 6.01 Å². The summed E-state index contributed by atoms with van der Waals surface area (Å²) in [5.41, 5.74) is 1.70. The van der Waals surface area contributed by atoms with Crippen molar-refractivity contribution in [1.82, 2.24) is 19.6 Å². The molecule has 21 heavy (non-hydrogen) atoms. The third-order valence-electron chi connectivity index (χ3n) is 2.79. The highest BCUT2D eigenvalue weighted by Crippen LogP contribution is 2.21. The summed E-state index contributed by atoms with van der Waals surface area (Å²) in [5, 5.41) is 8.21. The average Bonchev–Trinajstić information content (AvgIpc) is 2.81. The molecule has 0 aliphatic carbocycles. The maximum atomic E-state index is 6.00. The molecule has 0 fully saturated rings. The van der Waals surface area contributed by atoms with Crippen LogP contribution >= 0.6 is 11.6 Å². The molecule has 2 heterocycles. The third kappa shape index (κ3) is 2.90. The molecule has 0 aliphatic heterocycles. The predicted octanol–water partition coefficient (Wildman–Crippen LogP) is 3.23. The van der Waals surface area contributed by atoms with Gasteiger partial charge >= 0.3 is 6.01 Å². The van der Waals surface area contributed by atoms with Gasteiger partial charge in [0.05, 0.1) is 6.61 Å². The van der Waals surface area contributed by atoms with Gasteiger partial charge in [-0.2, -0.15) is 9.50 Å². The molecule has 108 valence electrons. The van der Waals surface area contributed by atoms with Crippen LogP contribution in [0.2, 0.25) is 5.02 Å². The quantitative estimate of drug-likeness (QED) is 0.801. The highest BCUT2D eigenvalue weighted by Gasteiger charge is 2.10. The fraction of sp³-hybridized carbons (Fsp3) is 0.214. The summed E-state index contributed by atoms with van der Waals surface area (Å²) in [7, 11) is 0. The van der Waals surface area contributed by atoms with E-state index in [1.165, 1.54) is 0 Å². The van der Waals surface area contributed by atoms with E-state index in [2.05, 4.69) is 20.4 Å². The Balaban J connectivity index is 2.04. The SMILES string of the molecule is CCOc1nc2nc(C)cc(Nc3cccc(Cl)c3)n2n1. The molecule has 7 heteroatoms. The van der Waals surface area contributed by atoms with Crippen LogP contribution in [0.4, 0.5) is 11.5 Å². The van der Waals surface area contributed by atoms with Crippen LogP contribution in [0, 0.1) is 6.92 Å². The molecule has 0 saturated carbocycles. The molecular formula is C14H14ClN5O. The Morgan fingerprint density at radius 3 is 2.90 bits per heavy atom. The second kappa shape index (κ2) is 5.57. The normalized spacial score (nSPS) is 10.8. The number of anilines is 2. The number of aryl methyl sites for hydroxylation is 1. The van der Waals surface area contributed by atoms with Gasteiger partial charge in [0.25, 0.3) is 5.78 Å². The minimum atomic E-state index is 0.310. The standard InChI is InChI=1S/C14H14ClN5O/c1-3-21-14-18-13-16-9(2)7-12(20(13)19-14)17-11-6-4-5-10(15)8-11/h4-8,17H,3H2,1-2H3. The summed E-state index contributed by atoms with van der Waals surface area (Å²) in [6.45, 7) is 4.29. The number of hydrogen-bond donors (Lipinski definition) is 1. The van der Waals surface area contributed by atoms with Gasteiger partial charge in [-0.3, -0.25) is 0 Å². The number of nitrogens with zero attached hydrogens (tertiary/aromatic N) is 4. The molecule has 0 bridgehead atoms. The molecule has 6 nitrogen and oxygen atoms in total. The van der Waals surface area contributed by atoms with Gasteiger partial charge < -0.3 is 10.1 Å². The van der Waals surface area contributed by atoms with Gasteiger partial charge in [-0.25, -0.2) is 4.98 Å². The fourth-order valence-corrected chi connectivity index (χ4v) is 2.15. The van der Waals surface area contributed by atoms with E-state index in [0.717, 1.165) is 17.2 Å². The number of halogens is 1. The van der Waals surface area contributed by atoms with E-state index >= 15 is 0 Å². The summed E-state index contributed by atoms with van der Waals surface area (Å²) in [5.74, 6) is 1.24. The van der Waals surface area contributed by atoms with Crippen LogP contribution in [0.3, 0.4) is 0 Å². The largest absolute Gasteiger partial charge is 0.463 e. The molecular weight excluding hydrogens is 290 g/mol. The van der Waals surface area contributed by atoms with Gasteiger partial charge in [-0.1, -0.05) is 17.7 Å². The summed E-state index contributed by atoms with van der Waals surface area (Å²) < 4.78 is 6.93. The van der Waals surface area contributed by atoms with E-state index in [-0.39, 0.29) is 0 Å². The summed E-state index contributed by atoms with van der Waals surface area (Å²) >= 11 is 6.00. The second-order valence-electron chi connectivity index (χ2n) is 4.46. The summed E-state index contributed by atoms with van der Waals surface area (Å²) in [4.78, 5) is 8.58. The van der Waals surface area contributed by atoms with E-state index in [9.17, 15) is 0 Å². The number of nitrogens with one attached hydrogen (secondary N) is 1. The monoisotopic (exact) mass is 303 g/mol. The lowest BCUT2D eigenvalue weighted by Gasteiger charge is -2.08. The minimum absolute atomic E-state index is 0.310. The fourth-order valence-electron chi connectivity index (χ4n) is 1.96. The lowest BCUT2D eigenvalue weighted by Crippen LogP contribution is -2.02. The van der Waals surface area contributed by atoms with E-state index in [1.807, 2.05) is 44.2 Å². The lowest BCUT2D eigenvalue weighted by atomic mass is 10.3. The van der Waals surface area contributed by atoms with Crippen LogP contribution in [0.1, 0.15) is 12.6 Å². The molecule has 0 spiro atoms. The van der Waals surface area contributed by atoms with Crippen molar-refractivity contribution >= 4 is 28.9 Å². The van der Waals surface area contributed by atoms with E-state index in [4.69, 9.17) is 16.3 Å². The Morgan fingerprint density at radius 1 is 1.29 bits per heavy atom. The number of aromatic nitrogens is 4. The highest BCUT2D eigenvalue weighted by molar-refractivity contribution is 6.30. The van der Waals surface area contributed by atoms with Gasteiger partial charge in [0.15, 0.2) is 0 Å². The van der Waals surface area contributed by atoms with Gasteiger partial charge in [0, 0.05) is 22.5 Å². The van der Waals surface area contributed by atoms with E-state index < -0.39 is 0 Å². The molecule has 3 rings (SSSR count). The maximum Gasteiger partial charge on any atom is 0.337 e. The Hall–Kier alpha value is -2.34. The van der Waals surface area contributed by atoms with E-state index in [1.54, 1.807) is 4.52 Å². The highest BCUT2D eigenvalue weighted by atomic mass is 35.5. The molecule has 0 radical (unpaired) electrons. The Morgan fingerprint density at radius 2 is 2.14 bits per heavy atom. The molecule has 1 aromatic carbocycles. The number of fused-ring (bicyclic) bond motifs is 1. The Kier molecular flexibility index (Phi) is 3.62. The third-order valence-corrected chi connectivity index (χ3v) is 3.03. The van der Waals surface area contributed by atoms with Crippen LogP contribution in [-0.4, -0.2) is 26.2 Å². The minimum Gasteiger partial charge on any atom is -0.463 e. The van der Waals surface area contributed by atoms with Crippen molar-refractivity contribution in [3.05, 3.63) is 41.0 Å². The molecule has 0 atom stereocenters. The van der Waals surface area contributed by atoms with Crippen LogP contribution in [-0.2, 0) is 0 Å². The van der Waals surface area contributed by atoms with Crippen LogP contribution in [0.15, 0.2) is 30.3 Å². The molecule has 0 saturated heterocycles. The first-order valence-corrected chi connectivity index (χ1v) is 6.93. The second-order valence-corrected chi connectivity index (χ2v) is 4.89. The zero-order chi connectivity index (χ0) is 14.8. The summed E-state index contributed by atoms with van der Waals surface area (Å²) in [6, 6.07) is 9.66. The van der Waals surface area contributed by atoms with Crippen molar-refractivity contribution in [3.8, 4) is 6.01 Å². The Bertz CT molecular complexity index is 786. The molecule has 3 aromatic rings. The van der Waals surface area contributed by atoms with Crippen molar-refractivity contribution < 1.29 is 4.74 Å². The first-order valence-electron chi connectivity index (χ1n) is 6.55. The molecule has 0 unspecified atom stereocenters. The lowest BCUT2D eigenvalue weighted by molar-refractivity contribution is 0.313. The zero-order valence-corrected chi connectivity index (χ0v) is 12.4. The van der Waals surface area contributed by atoms with Crippen molar-refractivity contribution in [2.24, 2.45) is 0 Å². The zero-order valence-electron chi connectivity index (χ0n) is 11.7. The number of rotatable bonds is 4. The number of hydrogen-bond acceptors (Lipinski definition) is 5. The van der Waals surface area contributed by atoms with Gasteiger partial charge in [0.2, 0.25) is 0 Å². The van der Waals surface area contributed by atoms with Gasteiger partial charge in [-0.05, 0) is 32.0 Å². The molecule has 0 aliphatic rings. The Labute approximate surface area is 126 Å². The predicted molar refractivity (Wildman–Crippen MR) is 81.4 cm³/mol. The first-order chi connectivity index (χ1) is 10.2. The van der Waals surface area contributed by atoms with Crippen molar-refractivity contribution in [3.63, 3.8) is 0 Å². The smallest absolute Gasteiger partial charge is 0.337 e. The van der Waals surface area contributed by atoms with Crippen molar-refractivity contribution in [2.75, 3.05) is 11.9 Å². The van der Waals surface area contributed by atoms with Crippen molar-refractivity contribution in [1.29, 1.82) is 0 Å².